The smallest absolute Gasteiger partial charge is 0.0352 e. The van der Waals surface area contributed by atoms with Crippen molar-refractivity contribution in [2.75, 3.05) is 0 Å². The second-order valence-corrected chi connectivity index (χ2v) is 5.10. The summed E-state index contributed by atoms with van der Waals surface area (Å²) in [4.78, 5) is 1.26. The lowest BCUT2D eigenvalue weighted by Gasteiger charge is -2.02. The number of thiophene rings is 1. The van der Waals surface area contributed by atoms with Gasteiger partial charge >= 0.3 is 0 Å². The molecule has 0 aliphatic heterocycles. The van der Waals surface area contributed by atoms with Crippen LogP contribution in [0.5, 0.6) is 0 Å². The van der Waals surface area contributed by atoms with Crippen LogP contribution >= 0.6 is 11.3 Å². The molecule has 0 spiro atoms. The average molecular weight is 239 g/mol. The van der Waals surface area contributed by atoms with E-state index in [0.29, 0.717) is 6.54 Å². The monoisotopic (exact) mass is 239 g/mol. The van der Waals surface area contributed by atoms with Crippen LogP contribution in [0.3, 0.4) is 0 Å². The molecule has 0 aliphatic rings. The van der Waals surface area contributed by atoms with Gasteiger partial charge in [0.2, 0.25) is 0 Å². The van der Waals surface area contributed by atoms with Crippen molar-refractivity contribution in [1.29, 1.82) is 0 Å². The molecule has 0 radical (unpaired) electrons. The van der Waals surface area contributed by atoms with Gasteiger partial charge in [0.15, 0.2) is 0 Å². The maximum atomic E-state index is 5.86. The van der Waals surface area contributed by atoms with E-state index in [2.05, 4.69) is 48.5 Å². The Morgan fingerprint density at radius 3 is 2.35 bits per heavy atom. The number of fused-ring (bicyclic) bond motifs is 1. The van der Waals surface area contributed by atoms with Crippen molar-refractivity contribution in [3.8, 4) is 11.1 Å². The van der Waals surface area contributed by atoms with Gasteiger partial charge in [-0.1, -0.05) is 48.5 Å². The van der Waals surface area contributed by atoms with Gasteiger partial charge in [-0.15, -0.1) is 11.3 Å². The highest BCUT2D eigenvalue weighted by atomic mass is 32.1. The Kier molecular flexibility index (Phi) is 2.67. The Morgan fingerprint density at radius 2 is 1.59 bits per heavy atom. The maximum Gasteiger partial charge on any atom is 0.0352 e. The van der Waals surface area contributed by atoms with Gasteiger partial charge in [0.25, 0.3) is 0 Å². The van der Waals surface area contributed by atoms with E-state index in [9.17, 15) is 0 Å². The van der Waals surface area contributed by atoms with E-state index in [-0.39, 0.29) is 0 Å². The molecule has 3 rings (SSSR count). The van der Waals surface area contributed by atoms with E-state index < -0.39 is 0 Å². The minimum absolute atomic E-state index is 0.601. The summed E-state index contributed by atoms with van der Waals surface area (Å²) < 4.78 is 1.31. The first kappa shape index (κ1) is 10.5. The Labute approximate surface area is 105 Å². The molecule has 0 saturated carbocycles. The van der Waals surface area contributed by atoms with E-state index in [0.717, 1.165) is 0 Å². The molecule has 2 aromatic carbocycles. The van der Waals surface area contributed by atoms with Crippen molar-refractivity contribution in [2.45, 2.75) is 6.54 Å². The Bertz CT molecular complexity index is 640. The van der Waals surface area contributed by atoms with Crippen molar-refractivity contribution < 1.29 is 0 Å². The predicted molar refractivity (Wildman–Crippen MR) is 75.2 cm³/mol. The van der Waals surface area contributed by atoms with Crippen molar-refractivity contribution in [3.63, 3.8) is 0 Å². The second kappa shape index (κ2) is 4.32. The van der Waals surface area contributed by atoms with E-state index in [1.54, 1.807) is 11.3 Å². The molecule has 1 heterocycles. The first-order chi connectivity index (χ1) is 8.40. The first-order valence-electron chi connectivity index (χ1n) is 5.66. The molecule has 84 valence electrons. The molecule has 3 aromatic rings. The number of hydrogen-bond acceptors (Lipinski definition) is 2. The molecule has 1 aromatic heterocycles. The molecular weight excluding hydrogens is 226 g/mol. The van der Waals surface area contributed by atoms with Crippen LogP contribution < -0.4 is 5.73 Å². The fraction of sp³-hybridized carbons (Fsp3) is 0.0667. The summed E-state index contributed by atoms with van der Waals surface area (Å²) in [6, 6.07) is 19.0. The molecular formula is C15H13NS. The van der Waals surface area contributed by atoms with Crippen molar-refractivity contribution in [2.24, 2.45) is 5.73 Å². The molecule has 0 fully saturated rings. The normalized spacial score (nSPS) is 10.9. The highest BCUT2D eigenvalue weighted by Crippen LogP contribution is 2.38. The topological polar surface area (TPSA) is 26.0 Å². The van der Waals surface area contributed by atoms with Gasteiger partial charge in [-0.25, -0.2) is 0 Å². The average Bonchev–Trinajstić information content (AvgIpc) is 2.78. The predicted octanol–water partition coefficient (Wildman–Crippen LogP) is 4.03. The molecule has 0 atom stereocenters. The molecule has 0 bridgehead atoms. The van der Waals surface area contributed by atoms with Crippen LogP contribution in [0.1, 0.15) is 4.88 Å². The van der Waals surface area contributed by atoms with Crippen molar-refractivity contribution >= 4 is 21.4 Å². The summed E-state index contributed by atoms with van der Waals surface area (Å²) in [6.07, 6.45) is 0. The highest BCUT2D eigenvalue weighted by Gasteiger charge is 2.11. The Morgan fingerprint density at radius 1 is 0.882 bits per heavy atom. The van der Waals surface area contributed by atoms with Crippen LogP contribution in [0, 0.1) is 0 Å². The number of benzene rings is 2. The third kappa shape index (κ3) is 1.75. The summed E-state index contributed by atoms with van der Waals surface area (Å²) in [5.41, 5.74) is 8.42. The lowest BCUT2D eigenvalue weighted by molar-refractivity contribution is 1.11. The molecule has 0 unspecified atom stereocenters. The summed E-state index contributed by atoms with van der Waals surface area (Å²) in [7, 11) is 0. The van der Waals surface area contributed by atoms with Gasteiger partial charge in [0.1, 0.15) is 0 Å². The quantitative estimate of drug-likeness (QED) is 0.718. The van der Waals surface area contributed by atoms with Crippen molar-refractivity contribution in [1.82, 2.24) is 0 Å². The molecule has 0 aliphatic carbocycles. The standard InChI is InChI=1S/C15H13NS/c16-10-14-15(11-6-2-1-3-7-11)12-8-4-5-9-13(12)17-14/h1-9H,10,16H2. The molecule has 0 amide bonds. The Balaban J connectivity index is 2.34. The summed E-state index contributed by atoms with van der Waals surface area (Å²) in [5.74, 6) is 0. The fourth-order valence-corrected chi connectivity index (χ4v) is 3.27. The van der Waals surface area contributed by atoms with Crippen molar-refractivity contribution in [3.05, 3.63) is 59.5 Å². The summed E-state index contributed by atoms with van der Waals surface area (Å²) in [6.45, 7) is 0.601. The van der Waals surface area contributed by atoms with Crippen LogP contribution in [0.2, 0.25) is 0 Å². The molecule has 2 heteroatoms. The van der Waals surface area contributed by atoms with Gasteiger partial charge in [-0.2, -0.15) is 0 Å². The van der Waals surface area contributed by atoms with Crippen LogP contribution in [-0.4, -0.2) is 0 Å². The van der Waals surface area contributed by atoms with Crippen LogP contribution in [0.25, 0.3) is 21.2 Å². The van der Waals surface area contributed by atoms with Gasteiger partial charge in [-0.05, 0) is 11.6 Å². The molecule has 2 N–H and O–H groups in total. The third-order valence-corrected chi connectivity index (χ3v) is 4.11. The fourth-order valence-electron chi connectivity index (χ4n) is 2.16. The minimum atomic E-state index is 0.601. The van der Waals surface area contributed by atoms with Gasteiger partial charge in [-0.3, -0.25) is 0 Å². The SMILES string of the molecule is NCc1sc2ccccc2c1-c1ccccc1. The number of nitrogens with two attached hydrogens (primary N) is 1. The Hall–Kier alpha value is -1.64. The van der Waals surface area contributed by atoms with Crippen LogP contribution in [0.4, 0.5) is 0 Å². The molecule has 17 heavy (non-hydrogen) atoms. The van der Waals surface area contributed by atoms with E-state index in [1.165, 1.54) is 26.1 Å². The third-order valence-electron chi connectivity index (χ3n) is 2.92. The minimum Gasteiger partial charge on any atom is -0.326 e. The van der Waals surface area contributed by atoms with Gasteiger partial charge in [0.05, 0.1) is 0 Å². The molecule has 1 nitrogen and oxygen atoms in total. The zero-order chi connectivity index (χ0) is 11.7. The van der Waals surface area contributed by atoms with E-state index >= 15 is 0 Å². The number of hydrogen-bond donors (Lipinski definition) is 1. The van der Waals surface area contributed by atoms with Gasteiger partial charge < -0.3 is 5.73 Å². The first-order valence-corrected chi connectivity index (χ1v) is 6.47. The highest BCUT2D eigenvalue weighted by molar-refractivity contribution is 7.19. The van der Waals surface area contributed by atoms with E-state index in [4.69, 9.17) is 5.73 Å². The molecule has 0 saturated heterocycles. The zero-order valence-electron chi connectivity index (χ0n) is 9.39. The van der Waals surface area contributed by atoms with Crippen LogP contribution in [-0.2, 0) is 6.54 Å². The largest absolute Gasteiger partial charge is 0.326 e. The van der Waals surface area contributed by atoms with Crippen LogP contribution in [0.15, 0.2) is 54.6 Å². The lowest BCUT2D eigenvalue weighted by Crippen LogP contribution is -1.94. The number of rotatable bonds is 2. The second-order valence-electron chi connectivity index (χ2n) is 3.97. The maximum absolute atomic E-state index is 5.86. The summed E-state index contributed by atoms with van der Waals surface area (Å²) in [5, 5.41) is 1.31. The van der Waals surface area contributed by atoms with E-state index in [1.807, 2.05) is 6.07 Å². The zero-order valence-corrected chi connectivity index (χ0v) is 10.2. The summed E-state index contributed by atoms with van der Waals surface area (Å²) >= 11 is 1.79. The van der Waals surface area contributed by atoms with Gasteiger partial charge in [0, 0.05) is 27.1 Å². The lowest BCUT2D eigenvalue weighted by atomic mass is 10.0.